The van der Waals surface area contributed by atoms with Crippen molar-refractivity contribution in [2.45, 2.75) is 50.7 Å². The third kappa shape index (κ3) is 4.70. The summed E-state index contributed by atoms with van der Waals surface area (Å²) >= 11 is 5.19. The fourth-order valence-electron chi connectivity index (χ4n) is 2.24. The Kier molecular flexibility index (Phi) is 5.33. The second-order valence-corrected chi connectivity index (χ2v) is 6.02. The summed E-state index contributed by atoms with van der Waals surface area (Å²) in [6.45, 7) is 1.73. The molecule has 23 heavy (non-hydrogen) atoms. The molecule has 5 nitrogen and oxygen atoms in total. The fraction of sp³-hybridized carbons (Fsp3) is 0.643. The minimum Gasteiger partial charge on any atom is -0.354 e. The highest BCUT2D eigenvalue weighted by atomic mass is 35.5. The number of hydrogen-bond donors (Lipinski definition) is 1. The Labute approximate surface area is 136 Å². The van der Waals surface area contributed by atoms with Gasteiger partial charge in [0.2, 0.25) is 11.1 Å². The van der Waals surface area contributed by atoms with Gasteiger partial charge in [0, 0.05) is 24.6 Å². The molecule has 0 spiro atoms. The molecular formula is C14H17ClF3N3O2. The zero-order valence-corrected chi connectivity index (χ0v) is 13.2. The van der Waals surface area contributed by atoms with Gasteiger partial charge in [0.1, 0.15) is 6.04 Å². The van der Waals surface area contributed by atoms with Crippen molar-refractivity contribution in [3.63, 3.8) is 0 Å². The average Bonchev–Trinajstić information content (AvgIpc) is 3.19. The molecule has 1 atom stereocenters. The zero-order valence-electron chi connectivity index (χ0n) is 12.5. The highest BCUT2D eigenvalue weighted by Crippen LogP contribution is 2.42. The third-order valence-corrected chi connectivity index (χ3v) is 3.84. The number of aromatic nitrogens is 2. The van der Waals surface area contributed by atoms with Gasteiger partial charge in [0.15, 0.2) is 5.69 Å². The second-order valence-electron chi connectivity index (χ2n) is 5.60. The van der Waals surface area contributed by atoms with Gasteiger partial charge < -0.3 is 5.32 Å². The van der Waals surface area contributed by atoms with E-state index in [0.29, 0.717) is 12.1 Å². The predicted octanol–water partition coefficient (Wildman–Crippen LogP) is 3.00. The summed E-state index contributed by atoms with van der Waals surface area (Å²) in [4.78, 5) is 22.7. The Morgan fingerprint density at radius 1 is 1.48 bits per heavy atom. The Morgan fingerprint density at radius 3 is 2.65 bits per heavy atom. The molecule has 1 aromatic rings. The molecule has 1 aliphatic carbocycles. The van der Waals surface area contributed by atoms with Crippen molar-refractivity contribution in [1.29, 1.82) is 0 Å². The van der Waals surface area contributed by atoms with Gasteiger partial charge in [0.25, 0.3) is 0 Å². The first-order chi connectivity index (χ1) is 10.7. The van der Waals surface area contributed by atoms with E-state index in [4.69, 9.17) is 11.6 Å². The Hall–Kier alpha value is -1.57. The molecule has 1 heterocycles. The van der Waals surface area contributed by atoms with E-state index in [1.54, 1.807) is 0 Å². The highest BCUT2D eigenvalue weighted by Gasteiger charge is 2.39. The predicted molar refractivity (Wildman–Crippen MR) is 77.0 cm³/mol. The summed E-state index contributed by atoms with van der Waals surface area (Å²) in [5.74, 6) is -0.409. The average molecular weight is 352 g/mol. The largest absolute Gasteiger partial charge is 0.435 e. The van der Waals surface area contributed by atoms with E-state index in [1.165, 1.54) is 6.92 Å². The molecule has 1 amide bonds. The highest BCUT2D eigenvalue weighted by molar-refractivity contribution is 6.63. The smallest absolute Gasteiger partial charge is 0.354 e. The maximum Gasteiger partial charge on any atom is 0.435 e. The van der Waals surface area contributed by atoms with Crippen LogP contribution in [0.15, 0.2) is 6.07 Å². The lowest BCUT2D eigenvalue weighted by atomic mass is 10.2. The molecule has 1 aliphatic rings. The van der Waals surface area contributed by atoms with Crippen LogP contribution in [0.5, 0.6) is 0 Å². The summed E-state index contributed by atoms with van der Waals surface area (Å²) in [6.07, 6.45) is -2.43. The Balaban J connectivity index is 2.05. The first kappa shape index (κ1) is 17.8. The van der Waals surface area contributed by atoms with Crippen LogP contribution in [0.25, 0.3) is 0 Å². The van der Waals surface area contributed by atoms with E-state index in [2.05, 4.69) is 10.4 Å². The van der Waals surface area contributed by atoms with Crippen molar-refractivity contribution in [3.05, 3.63) is 17.5 Å². The van der Waals surface area contributed by atoms with Crippen LogP contribution in [0, 0.1) is 0 Å². The van der Waals surface area contributed by atoms with E-state index in [-0.39, 0.29) is 18.9 Å². The van der Waals surface area contributed by atoms with Gasteiger partial charge in [-0.1, -0.05) is 0 Å². The number of nitrogens with one attached hydrogen (secondary N) is 1. The van der Waals surface area contributed by atoms with Gasteiger partial charge in [0.05, 0.1) is 0 Å². The van der Waals surface area contributed by atoms with Crippen molar-refractivity contribution in [3.8, 4) is 0 Å². The van der Waals surface area contributed by atoms with Crippen LogP contribution in [0.1, 0.15) is 56.0 Å². The molecule has 1 saturated carbocycles. The number of alkyl halides is 3. The number of carbonyl (C=O) groups is 2. The SMILES string of the molecule is CC(C(=O)NCCCC(=O)Cl)n1nc(C(F)(F)F)cc1C1CC1. The quantitative estimate of drug-likeness (QED) is 0.606. The van der Waals surface area contributed by atoms with E-state index in [1.807, 2.05) is 0 Å². The van der Waals surface area contributed by atoms with Gasteiger partial charge in [-0.2, -0.15) is 18.3 Å². The summed E-state index contributed by atoms with van der Waals surface area (Å²) < 4.78 is 39.7. The van der Waals surface area contributed by atoms with Crippen LogP contribution in [-0.4, -0.2) is 27.5 Å². The topological polar surface area (TPSA) is 64.0 Å². The molecule has 0 saturated heterocycles. The molecule has 9 heteroatoms. The standard InChI is InChI=1S/C14H17ClF3N3O2/c1-8(13(23)19-6-2-3-12(15)22)21-10(9-4-5-9)7-11(20-21)14(16,17)18/h7-9H,2-6H2,1H3,(H,19,23). The van der Waals surface area contributed by atoms with Crippen LogP contribution >= 0.6 is 11.6 Å². The number of halogens is 4. The van der Waals surface area contributed by atoms with E-state index in [9.17, 15) is 22.8 Å². The molecule has 1 N–H and O–H groups in total. The summed E-state index contributed by atoms with van der Waals surface area (Å²) in [7, 11) is 0. The molecule has 1 unspecified atom stereocenters. The summed E-state index contributed by atoms with van der Waals surface area (Å²) in [6, 6.07) is 0.168. The van der Waals surface area contributed by atoms with Crippen molar-refractivity contribution in [1.82, 2.24) is 15.1 Å². The van der Waals surface area contributed by atoms with Gasteiger partial charge in [-0.05, 0) is 43.9 Å². The molecule has 128 valence electrons. The second kappa shape index (κ2) is 6.90. The van der Waals surface area contributed by atoms with Crippen LogP contribution in [-0.2, 0) is 15.8 Å². The van der Waals surface area contributed by atoms with Crippen molar-refractivity contribution >= 4 is 22.8 Å². The third-order valence-electron chi connectivity index (χ3n) is 3.65. The minimum absolute atomic E-state index is 0.0303. The molecular weight excluding hydrogens is 335 g/mol. The van der Waals surface area contributed by atoms with Crippen LogP contribution in [0.3, 0.4) is 0 Å². The molecule has 0 aromatic carbocycles. The van der Waals surface area contributed by atoms with E-state index >= 15 is 0 Å². The minimum atomic E-state index is -4.54. The molecule has 0 radical (unpaired) electrons. The van der Waals surface area contributed by atoms with Crippen molar-refractivity contribution in [2.75, 3.05) is 6.54 Å². The summed E-state index contributed by atoms with van der Waals surface area (Å²) in [5.41, 5.74) is -0.539. The van der Waals surface area contributed by atoms with Crippen molar-refractivity contribution in [2.24, 2.45) is 0 Å². The first-order valence-corrected chi connectivity index (χ1v) is 7.70. The molecule has 2 rings (SSSR count). The Morgan fingerprint density at radius 2 is 2.13 bits per heavy atom. The van der Waals surface area contributed by atoms with Gasteiger partial charge in [-0.25, -0.2) is 0 Å². The fourth-order valence-corrected chi connectivity index (χ4v) is 2.37. The molecule has 0 bridgehead atoms. The van der Waals surface area contributed by atoms with Gasteiger partial charge in [-0.3, -0.25) is 14.3 Å². The lowest BCUT2D eigenvalue weighted by molar-refractivity contribution is -0.142. The van der Waals surface area contributed by atoms with E-state index in [0.717, 1.165) is 23.6 Å². The first-order valence-electron chi connectivity index (χ1n) is 7.33. The van der Waals surface area contributed by atoms with Crippen molar-refractivity contribution < 1.29 is 22.8 Å². The van der Waals surface area contributed by atoms with Crippen LogP contribution in [0.2, 0.25) is 0 Å². The normalized spacial score (nSPS) is 16.2. The maximum atomic E-state index is 12.8. The monoisotopic (exact) mass is 351 g/mol. The number of amides is 1. The molecule has 1 aromatic heterocycles. The van der Waals surface area contributed by atoms with Gasteiger partial charge >= 0.3 is 6.18 Å². The van der Waals surface area contributed by atoms with Crippen LogP contribution in [0.4, 0.5) is 13.2 Å². The zero-order chi connectivity index (χ0) is 17.2. The number of hydrogen-bond acceptors (Lipinski definition) is 3. The summed E-state index contributed by atoms with van der Waals surface area (Å²) in [5, 5.41) is 5.66. The number of carbonyl (C=O) groups excluding carboxylic acids is 2. The molecule has 0 aliphatic heterocycles. The number of rotatable bonds is 7. The maximum absolute atomic E-state index is 12.8. The Bertz CT molecular complexity index is 597. The molecule has 1 fully saturated rings. The van der Waals surface area contributed by atoms with Gasteiger partial charge in [-0.15, -0.1) is 0 Å². The lowest BCUT2D eigenvalue weighted by Crippen LogP contribution is -2.33. The van der Waals surface area contributed by atoms with E-state index < -0.39 is 29.1 Å². The lowest BCUT2D eigenvalue weighted by Gasteiger charge is -2.15. The number of nitrogens with zero attached hydrogens (tertiary/aromatic N) is 2. The van der Waals surface area contributed by atoms with Crippen LogP contribution < -0.4 is 5.32 Å².